The average molecular weight is 295 g/mol. The molecule has 0 aliphatic heterocycles. The van der Waals surface area contributed by atoms with Gasteiger partial charge in [0, 0.05) is 30.3 Å². The van der Waals surface area contributed by atoms with Crippen molar-refractivity contribution >= 4 is 17.7 Å². The number of rotatable bonds is 6. The van der Waals surface area contributed by atoms with Crippen molar-refractivity contribution in [2.75, 3.05) is 12.8 Å². The largest absolute Gasteiger partial charge is 0.340 e. The van der Waals surface area contributed by atoms with Crippen LogP contribution >= 0.6 is 11.8 Å². The molecule has 0 saturated heterocycles. The molecular formula is C14H21N3O2S. The van der Waals surface area contributed by atoms with Crippen LogP contribution in [-0.4, -0.2) is 39.6 Å². The van der Waals surface area contributed by atoms with Crippen molar-refractivity contribution < 1.29 is 4.79 Å². The van der Waals surface area contributed by atoms with E-state index in [0.717, 1.165) is 25.1 Å². The zero-order valence-corrected chi connectivity index (χ0v) is 13.0. The molecule has 1 aliphatic carbocycles. The fraction of sp³-hybridized carbons (Fsp3) is 0.643. The Morgan fingerprint density at radius 1 is 1.50 bits per heavy atom. The van der Waals surface area contributed by atoms with Gasteiger partial charge in [0.25, 0.3) is 5.56 Å². The molecule has 2 rings (SSSR count). The van der Waals surface area contributed by atoms with Gasteiger partial charge in [-0.15, -0.1) is 0 Å². The molecule has 0 atom stereocenters. The highest BCUT2D eigenvalue weighted by Gasteiger charge is 2.31. The number of carbonyl (C=O) groups is 1. The van der Waals surface area contributed by atoms with Crippen LogP contribution in [0.3, 0.4) is 0 Å². The summed E-state index contributed by atoms with van der Waals surface area (Å²) >= 11 is 1.41. The van der Waals surface area contributed by atoms with Crippen LogP contribution in [0.2, 0.25) is 0 Å². The summed E-state index contributed by atoms with van der Waals surface area (Å²) in [5, 5.41) is 0.621. The first-order valence-electron chi connectivity index (χ1n) is 7.00. The number of nitrogens with zero attached hydrogens (tertiary/aromatic N) is 2. The number of carbonyl (C=O) groups excluding carboxylic acids is 1. The maximum atomic E-state index is 12.2. The number of aromatic amines is 1. The number of H-pyrrole nitrogens is 1. The third-order valence-corrected chi connectivity index (χ3v) is 4.21. The normalized spacial score (nSPS) is 14.3. The molecule has 1 aromatic heterocycles. The molecule has 20 heavy (non-hydrogen) atoms. The number of hydrogen-bond acceptors (Lipinski definition) is 4. The second kappa shape index (κ2) is 6.43. The van der Waals surface area contributed by atoms with Gasteiger partial charge in [-0.1, -0.05) is 11.8 Å². The van der Waals surface area contributed by atoms with Crippen molar-refractivity contribution in [1.29, 1.82) is 0 Å². The molecule has 6 heteroatoms. The Hall–Kier alpha value is -1.30. The predicted octanol–water partition coefficient (Wildman–Crippen LogP) is 1.74. The Bertz CT molecular complexity index is 552. The van der Waals surface area contributed by atoms with E-state index in [1.54, 1.807) is 0 Å². The summed E-state index contributed by atoms with van der Waals surface area (Å²) in [6, 6.07) is 0.434. The number of aromatic nitrogens is 2. The molecule has 0 spiro atoms. The molecule has 1 aliphatic rings. The average Bonchev–Trinajstić information content (AvgIpc) is 3.23. The van der Waals surface area contributed by atoms with Crippen molar-refractivity contribution in [3.63, 3.8) is 0 Å². The number of aryl methyl sites for hydroxylation is 1. The predicted molar refractivity (Wildman–Crippen MR) is 80.1 cm³/mol. The van der Waals surface area contributed by atoms with Crippen LogP contribution in [0.1, 0.15) is 37.4 Å². The van der Waals surface area contributed by atoms with E-state index in [4.69, 9.17) is 0 Å². The van der Waals surface area contributed by atoms with Gasteiger partial charge < -0.3 is 9.88 Å². The monoisotopic (exact) mass is 295 g/mol. The topological polar surface area (TPSA) is 66.1 Å². The van der Waals surface area contributed by atoms with Crippen LogP contribution in [0.4, 0.5) is 0 Å². The Balaban J connectivity index is 2.03. The van der Waals surface area contributed by atoms with Crippen molar-refractivity contribution in [1.82, 2.24) is 14.9 Å². The van der Waals surface area contributed by atoms with Crippen molar-refractivity contribution in [2.24, 2.45) is 0 Å². The standard InChI is InChI=1S/C14H21N3O2S/c1-4-17(10-5-6-10)12(18)8-7-11-9(2)15-14(20-3)16-13(11)19/h10H,4-8H2,1-3H3,(H,15,16,19). The van der Waals surface area contributed by atoms with Gasteiger partial charge in [-0.2, -0.15) is 0 Å². The molecule has 0 bridgehead atoms. The zero-order chi connectivity index (χ0) is 14.7. The maximum absolute atomic E-state index is 12.2. The van der Waals surface area contributed by atoms with Crippen molar-refractivity contribution in [2.45, 2.75) is 50.7 Å². The third kappa shape index (κ3) is 3.42. The lowest BCUT2D eigenvalue weighted by Crippen LogP contribution is -2.33. The number of nitrogens with one attached hydrogen (secondary N) is 1. The Morgan fingerprint density at radius 3 is 2.70 bits per heavy atom. The summed E-state index contributed by atoms with van der Waals surface area (Å²) in [6.07, 6.45) is 4.95. The molecule has 1 fully saturated rings. The minimum atomic E-state index is -0.121. The first-order valence-corrected chi connectivity index (χ1v) is 8.22. The molecule has 0 aromatic carbocycles. The molecule has 1 heterocycles. The van der Waals surface area contributed by atoms with Gasteiger partial charge in [0.2, 0.25) is 5.91 Å². The second-order valence-electron chi connectivity index (χ2n) is 5.05. The quantitative estimate of drug-likeness (QED) is 0.641. The van der Waals surface area contributed by atoms with E-state index in [0.29, 0.717) is 29.6 Å². The summed E-state index contributed by atoms with van der Waals surface area (Å²) in [5.41, 5.74) is 1.23. The third-order valence-electron chi connectivity index (χ3n) is 3.63. The lowest BCUT2D eigenvalue weighted by molar-refractivity contribution is -0.131. The van der Waals surface area contributed by atoms with Crippen molar-refractivity contribution in [3.8, 4) is 0 Å². The number of thioether (sulfide) groups is 1. The van der Waals surface area contributed by atoms with E-state index in [1.165, 1.54) is 11.8 Å². The fourth-order valence-corrected chi connectivity index (χ4v) is 2.80. The molecule has 1 N–H and O–H groups in total. The van der Waals surface area contributed by atoms with E-state index in [1.807, 2.05) is 25.0 Å². The summed E-state index contributed by atoms with van der Waals surface area (Å²) in [5.74, 6) is 0.141. The zero-order valence-electron chi connectivity index (χ0n) is 12.2. The Morgan fingerprint density at radius 2 is 2.20 bits per heavy atom. The van der Waals surface area contributed by atoms with Crippen LogP contribution in [0.25, 0.3) is 0 Å². The molecule has 0 unspecified atom stereocenters. The SMILES string of the molecule is CCN(C(=O)CCc1c(C)nc(SC)[nH]c1=O)C1CC1. The number of amides is 1. The summed E-state index contributed by atoms with van der Waals surface area (Å²) in [7, 11) is 0. The van der Waals surface area contributed by atoms with Crippen LogP contribution < -0.4 is 5.56 Å². The molecule has 1 aromatic rings. The van der Waals surface area contributed by atoms with Gasteiger partial charge in [-0.3, -0.25) is 9.59 Å². The highest BCUT2D eigenvalue weighted by molar-refractivity contribution is 7.98. The van der Waals surface area contributed by atoms with E-state index < -0.39 is 0 Å². The van der Waals surface area contributed by atoms with Crippen LogP contribution in [-0.2, 0) is 11.2 Å². The van der Waals surface area contributed by atoms with Gasteiger partial charge >= 0.3 is 0 Å². The van der Waals surface area contributed by atoms with Gasteiger partial charge in [0.1, 0.15) is 0 Å². The second-order valence-corrected chi connectivity index (χ2v) is 5.85. The first-order chi connectivity index (χ1) is 9.56. The molecule has 0 radical (unpaired) electrons. The summed E-state index contributed by atoms with van der Waals surface area (Å²) in [6.45, 7) is 4.58. The fourth-order valence-electron chi connectivity index (χ4n) is 2.38. The highest BCUT2D eigenvalue weighted by Crippen LogP contribution is 2.27. The lowest BCUT2D eigenvalue weighted by atomic mass is 10.1. The first kappa shape index (κ1) is 15.1. The van der Waals surface area contributed by atoms with Gasteiger partial charge in [0.15, 0.2) is 5.16 Å². The van der Waals surface area contributed by atoms with E-state index in [-0.39, 0.29) is 11.5 Å². The smallest absolute Gasteiger partial charge is 0.254 e. The minimum absolute atomic E-state index is 0.121. The molecule has 1 saturated carbocycles. The van der Waals surface area contributed by atoms with E-state index >= 15 is 0 Å². The molecule has 110 valence electrons. The van der Waals surface area contributed by atoms with E-state index in [9.17, 15) is 9.59 Å². The van der Waals surface area contributed by atoms with Crippen molar-refractivity contribution in [3.05, 3.63) is 21.6 Å². The lowest BCUT2D eigenvalue weighted by Gasteiger charge is -2.20. The van der Waals surface area contributed by atoms with E-state index in [2.05, 4.69) is 9.97 Å². The van der Waals surface area contributed by atoms with Gasteiger partial charge in [-0.05, 0) is 39.4 Å². The van der Waals surface area contributed by atoms with Gasteiger partial charge in [0.05, 0.1) is 0 Å². The molecular weight excluding hydrogens is 274 g/mol. The highest BCUT2D eigenvalue weighted by atomic mass is 32.2. The van der Waals surface area contributed by atoms with Crippen LogP contribution in [0.5, 0.6) is 0 Å². The molecule has 1 amide bonds. The van der Waals surface area contributed by atoms with Gasteiger partial charge in [-0.25, -0.2) is 4.98 Å². The Labute approximate surface area is 123 Å². The van der Waals surface area contributed by atoms with Crippen LogP contribution in [0.15, 0.2) is 9.95 Å². The Kier molecular flexibility index (Phi) is 4.86. The minimum Gasteiger partial charge on any atom is -0.340 e. The summed E-state index contributed by atoms with van der Waals surface area (Å²) in [4.78, 5) is 33.1. The number of hydrogen-bond donors (Lipinski definition) is 1. The maximum Gasteiger partial charge on any atom is 0.254 e. The van der Waals surface area contributed by atoms with Crippen LogP contribution in [0, 0.1) is 6.92 Å². The summed E-state index contributed by atoms with van der Waals surface area (Å²) < 4.78 is 0. The molecule has 5 nitrogen and oxygen atoms in total.